The van der Waals surface area contributed by atoms with Crippen LogP contribution in [0.2, 0.25) is 0 Å². The number of carbonyl (C=O) groups is 3. The van der Waals surface area contributed by atoms with Crippen LogP contribution in [0.1, 0.15) is 297 Å². The standard InChI is InChI=1S/C62H110O6/c1-4-7-10-13-16-19-22-25-27-29-31-33-35-37-40-43-46-49-52-55-61(64)67-58-59(57-66-60(63)54-51-48-45-42-39-24-21-18-15-12-9-6-3)68-62(65)56-53-50-47-44-41-38-36-34-32-30-28-26-23-20-17-14-11-8-5-2/h16-21,25-28,59H,4-15,22-24,29-58H2,1-3H3/b19-16-,20-17-,21-18-,27-25-,28-26-. The summed E-state index contributed by atoms with van der Waals surface area (Å²) in [5.74, 6) is -0.886. The summed E-state index contributed by atoms with van der Waals surface area (Å²) in [6.45, 7) is 6.58. The maximum absolute atomic E-state index is 12.9. The first kappa shape index (κ1) is 65.1. The van der Waals surface area contributed by atoms with E-state index in [1.54, 1.807) is 0 Å². The minimum absolute atomic E-state index is 0.0797. The van der Waals surface area contributed by atoms with Gasteiger partial charge in [0.25, 0.3) is 0 Å². The molecule has 0 saturated heterocycles. The zero-order valence-corrected chi connectivity index (χ0v) is 45.1. The Hall–Kier alpha value is -2.89. The number of ether oxygens (including phenoxy) is 3. The Morgan fingerprint density at radius 2 is 0.529 bits per heavy atom. The molecule has 68 heavy (non-hydrogen) atoms. The summed E-state index contributed by atoms with van der Waals surface area (Å²) in [6.07, 6.45) is 70.6. The summed E-state index contributed by atoms with van der Waals surface area (Å²) >= 11 is 0. The molecule has 6 nitrogen and oxygen atoms in total. The molecular formula is C62H110O6. The molecule has 1 atom stereocenters. The molecule has 394 valence electrons. The first-order valence-electron chi connectivity index (χ1n) is 29.3. The van der Waals surface area contributed by atoms with E-state index in [9.17, 15) is 14.4 Å². The molecule has 0 aliphatic carbocycles. The number of carbonyl (C=O) groups excluding carboxylic acids is 3. The van der Waals surface area contributed by atoms with Gasteiger partial charge in [-0.3, -0.25) is 14.4 Å². The Kier molecular flexibility index (Phi) is 54.3. The second-order valence-electron chi connectivity index (χ2n) is 19.5. The molecule has 6 heteroatoms. The Morgan fingerprint density at radius 3 is 0.824 bits per heavy atom. The summed E-state index contributed by atoms with van der Waals surface area (Å²) in [4.78, 5) is 38.2. The minimum atomic E-state index is -0.781. The van der Waals surface area contributed by atoms with Crippen LogP contribution in [0.25, 0.3) is 0 Å². The summed E-state index contributed by atoms with van der Waals surface area (Å²) in [5, 5.41) is 0. The third-order valence-corrected chi connectivity index (χ3v) is 12.7. The van der Waals surface area contributed by atoms with E-state index in [0.29, 0.717) is 19.3 Å². The molecule has 1 unspecified atom stereocenters. The number of hydrogen-bond donors (Lipinski definition) is 0. The zero-order valence-electron chi connectivity index (χ0n) is 45.1. The van der Waals surface area contributed by atoms with Crippen molar-refractivity contribution >= 4 is 17.9 Å². The molecule has 0 aromatic heterocycles. The van der Waals surface area contributed by atoms with Gasteiger partial charge in [0.1, 0.15) is 13.2 Å². The summed E-state index contributed by atoms with van der Waals surface area (Å²) in [5.41, 5.74) is 0. The molecule has 0 heterocycles. The quantitative estimate of drug-likeness (QED) is 0.0262. The molecule has 0 saturated carbocycles. The van der Waals surface area contributed by atoms with Gasteiger partial charge >= 0.3 is 17.9 Å². The molecule has 0 aromatic carbocycles. The molecular weight excluding hydrogens is 841 g/mol. The van der Waals surface area contributed by atoms with Crippen LogP contribution >= 0.6 is 0 Å². The van der Waals surface area contributed by atoms with E-state index in [4.69, 9.17) is 14.2 Å². The van der Waals surface area contributed by atoms with Crippen LogP contribution in [0.15, 0.2) is 60.8 Å². The van der Waals surface area contributed by atoms with Crippen molar-refractivity contribution in [3.63, 3.8) is 0 Å². The van der Waals surface area contributed by atoms with Crippen molar-refractivity contribution in [1.29, 1.82) is 0 Å². The lowest BCUT2D eigenvalue weighted by Gasteiger charge is -2.18. The van der Waals surface area contributed by atoms with Crippen LogP contribution in [0, 0.1) is 0 Å². The first-order chi connectivity index (χ1) is 33.5. The van der Waals surface area contributed by atoms with Gasteiger partial charge in [0.15, 0.2) is 6.10 Å². The lowest BCUT2D eigenvalue weighted by Crippen LogP contribution is -2.30. The number of unbranched alkanes of at least 4 members (excludes halogenated alkanes) is 32. The second kappa shape index (κ2) is 56.7. The van der Waals surface area contributed by atoms with E-state index in [0.717, 1.165) is 77.0 Å². The highest BCUT2D eigenvalue weighted by molar-refractivity contribution is 5.71. The predicted octanol–water partition coefficient (Wildman–Crippen LogP) is 19.6. The molecule has 0 N–H and O–H groups in total. The monoisotopic (exact) mass is 951 g/mol. The maximum Gasteiger partial charge on any atom is 0.306 e. The van der Waals surface area contributed by atoms with Gasteiger partial charge in [0.2, 0.25) is 0 Å². The number of hydrogen-bond acceptors (Lipinski definition) is 6. The smallest absolute Gasteiger partial charge is 0.306 e. The van der Waals surface area contributed by atoms with Crippen molar-refractivity contribution in [2.24, 2.45) is 0 Å². The molecule has 0 aliphatic rings. The lowest BCUT2D eigenvalue weighted by atomic mass is 10.1. The highest BCUT2D eigenvalue weighted by Crippen LogP contribution is 2.15. The van der Waals surface area contributed by atoms with Gasteiger partial charge in [0.05, 0.1) is 0 Å². The van der Waals surface area contributed by atoms with Crippen LogP contribution in [0.5, 0.6) is 0 Å². The van der Waals surface area contributed by atoms with Crippen molar-refractivity contribution in [3.8, 4) is 0 Å². The van der Waals surface area contributed by atoms with Crippen LogP contribution in [-0.4, -0.2) is 37.2 Å². The molecule has 0 aromatic rings. The molecule has 0 bridgehead atoms. The summed E-state index contributed by atoms with van der Waals surface area (Å²) < 4.78 is 16.9. The molecule has 0 spiro atoms. The molecule has 0 fully saturated rings. The fraction of sp³-hybridized carbons (Fsp3) is 0.790. The maximum atomic E-state index is 12.9. The Balaban J connectivity index is 4.35. The highest BCUT2D eigenvalue weighted by Gasteiger charge is 2.19. The van der Waals surface area contributed by atoms with E-state index < -0.39 is 6.10 Å². The van der Waals surface area contributed by atoms with E-state index in [1.165, 1.54) is 180 Å². The average Bonchev–Trinajstić information content (AvgIpc) is 3.34. The van der Waals surface area contributed by atoms with Gasteiger partial charge in [-0.25, -0.2) is 0 Å². The van der Waals surface area contributed by atoms with Gasteiger partial charge in [-0.2, -0.15) is 0 Å². The van der Waals surface area contributed by atoms with Crippen molar-refractivity contribution in [3.05, 3.63) is 60.8 Å². The fourth-order valence-corrected chi connectivity index (χ4v) is 8.26. The second-order valence-corrected chi connectivity index (χ2v) is 19.5. The molecule has 0 amide bonds. The van der Waals surface area contributed by atoms with Gasteiger partial charge in [0, 0.05) is 19.3 Å². The Bertz CT molecular complexity index is 1230. The molecule has 0 rings (SSSR count). The van der Waals surface area contributed by atoms with Gasteiger partial charge < -0.3 is 14.2 Å². The van der Waals surface area contributed by atoms with Crippen molar-refractivity contribution < 1.29 is 28.6 Å². The number of allylic oxidation sites excluding steroid dienone is 10. The topological polar surface area (TPSA) is 78.9 Å². The van der Waals surface area contributed by atoms with E-state index in [1.807, 2.05) is 0 Å². The fourth-order valence-electron chi connectivity index (χ4n) is 8.26. The summed E-state index contributed by atoms with van der Waals surface area (Å²) in [6, 6.07) is 0. The average molecular weight is 952 g/mol. The van der Waals surface area contributed by atoms with Gasteiger partial charge in [-0.15, -0.1) is 0 Å². The van der Waals surface area contributed by atoms with E-state index in [2.05, 4.69) is 81.5 Å². The highest BCUT2D eigenvalue weighted by atomic mass is 16.6. The van der Waals surface area contributed by atoms with Gasteiger partial charge in [-0.05, 0) is 109 Å². The van der Waals surface area contributed by atoms with Crippen LogP contribution in [-0.2, 0) is 28.6 Å². The normalized spacial score (nSPS) is 12.5. The first-order valence-corrected chi connectivity index (χ1v) is 29.3. The minimum Gasteiger partial charge on any atom is -0.462 e. The van der Waals surface area contributed by atoms with Crippen molar-refractivity contribution in [2.75, 3.05) is 13.2 Å². The van der Waals surface area contributed by atoms with Crippen LogP contribution in [0.3, 0.4) is 0 Å². The third-order valence-electron chi connectivity index (χ3n) is 12.7. The largest absolute Gasteiger partial charge is 0.462 e. The number of esters is 3. The van der Waals surface area contributed by atoms with Crippen LogP contribution < -0.4 is 0 Å². The van der Waals surface area contributed by atoms with Crippen molar-refractivity contribution in [2.45, 2.75) is 303 Å². The summed E-state index contributed by atoms with van der Waals surface area (Å²) in [7, 11) is 0. The van der Waals surface area contributed by atoms with E-state index in [-0.39, 0.29) is 31.1 Å². The zero-order chi connectivity index (χ0) is 49.3. The molecule has 0 aliphatic heterocycles. The van der Waals surface area contributed by atoms with Gasteiger partial charge in [-0.1, -0.05) is 229 Å². The molecule has 0 radical (unpaired) electrons. The Labute approximate surface area is 421 Å². The van der Waals surface area contributed by atoms with Crippen molar-refractivity contribution in [1.82, 2.24) is 0 Å². The Morgan fingerprint density at radius 1 is 0.294 bits per heavy atom. The van der Waals surface area contributed by atoms with Crippen LogP contribution in [0.4, 0.5) is 0 Å². The number of rotatable bonds is 53. The SMILES string of the molecule is CCCCC/C=C\C/C=C\CCCCCCCCCCCC(=O)OCC(COC(=O)CCCCCCC/C=C\CCCCC)OC(=O)CCCCCCCCCCC/C=C\C/C=C\CCCCC. The third kappa shape index (κ3) is 54.1. The predicted molar refractivity (Wildman–Crippen MR) is 293 cm³/mol. The van der Waals surface area contributed by atoms with E-state index >= 15 is 0 Å². The lowest BCUT2D eigenvalue weighted by molar-refractivity contribution is -0.167.